The van der Waals surface area contributed by atoms with Crippen LogP contribution in [0.15, 0.2) is 69.9 Å². The average molecular weight is 384 g/mol. The molecular weight excluding hydrogens is 361 g/mol. The molecule has 0 radical (unpaired) electrons. The first-order valence-electron chi connectivity index (χ1n) is 9.41. The highest BCUT2D eigenvalue weighted by molar-refractivity contribution is 5.91. The van der Waals surface area contributed by atoms with Crippen LogP contribution in [0.2, 0.25) is 0 Å². The quantitative estimate of drug-likeness (QED) is 0.681. The van der Waals surface area contributed by atoms with Crippen molar-refractivity contribution in [2.75, 3.05) is 37.6 Å². The lowest BCUT2D eigenvalue weighted by molar-refractivity contribution is -0.932. The summed E-state index contributed by atoms with van der Waals surface area (Å²) in [6.45, 7) is 3.94. The minimum absolute atomic E-state index is 0.0179. The minimum atomic E-state index is -0.231. The van der Waals surface area contributed by atoms with E-state index >= 15 is 0 Å². The van der Waals surface area contributed by atoms with Gasteiger partial charge >= 0.3 is 0 Å². The summed E-state index contributed by atoms with van der Waals surface area (Å²) in [6.07, 6.45) is 3.14. The molecule has 1 fully saturated rings. The first-order valence-corrected chi connectivity index (χ1v) is 9.41. The monoisotopic (exact) mass is 384 g/mol. The maximum atomic E-state index is 13.2. The Kier molecular flexibility index (Phi) is 5.43. The SMILES string of the molecule is O=C(NC[C@@H](c1ccco1)[NH+]1CCN(c2ccc(F)cc2)CC1)c1ccco1. The van der Waals surface area contributed by atoms with E-state index in [1.807, 2.05) is 24.3 Å². The van der Waals surface area contributed by atoms with Gasteiger partial charge in [0.2, 0.25) is 0 Å². The molecule has 2 N–H and O–H groups in total. The maximum absolute atomic E-state index is 13.2. The van der Waals surface area contributed by atoms with Crippen molar-refractivity contribution in [3.63, 3.8) is 0 Å². The van der Waals surface area contributed by atoms with Crippen molar-refractivity contribution in [3.8, 4) is 0 Å². The van der Waals surface area contributed by atoms with Crippen LogP contribution in [0.3, 0.4) is 0 Å². The molecule has 6 nitrogen and oxygen atoms in total. The summed E-state index contributed by atoms with van der Waals surface area (Å²) in [6, 6.07) is 13.8. The number of quaternary nitrogens is 1. The molecule has 0 spiro atoms. The predicted molar refractivity (Wildman–Crippen MR) is 102 cm³/mol. The lowest BCUT2D eigenvalue weighted by Gasteiger charge is -2.37. The van der Waals surface area contributed by atoms with Gasteiger partial charge in [-0.1, -0.05) is 0 Å². The van der Waals surface area contributed by atoms with Gasteiger partial charge in [0.1, 0.15) is 5.82 Å². The van der Waals surface area contributed by atoms with Gasteiger partial charge in [0.15, 0.2) is 17.6 Å². The number of halogens is 1. The average Bonchev–Trinajstić information content (AvgIpc) is 3.44. The molecule has 4 rings (SSSR count). The standard InChI is InChI=1S/C21H22FN3O3/c22-16-5-7-17(8-6-16)24-9-11-25(12-10-24)18(19-3-1-13-27-19)15-23-21(26)20-4-2-14-28-20/h1-8,13-14,18H,9-12,15H2,(H,23,26)/p+1/t18-/m0/s1. The van der Waals surface area contributed by atoms with E-state index in [0.717, 1.165) is 37.6 Å². The summed E-state index contributed by atoms with van der Waals surface area (Å²) < 4.78 is 24.0. The normalized spacial score (nSPS) is 16.1. The molecule has 0 saturated carbocycles. The van der Waals surface area contributed by atoms with E-state index in [1.54, 1.807) is 18.4 Å². The Morgan fingerprint density at radius 2 is 1.79 bits per heavy atom. The number of furan rings is 2. The molecule has 1 atom stereocenters. The second-order valence-electron chi connectivity index (χ2n) is 6.88. The van der Waals surface area contributed by atoms with E-state index < -0.39 is 0 Å². The summed E-state index contributed by atoms with van der Waals surface area (Å²) in [5.41, 5.74) is 1.03. The van der Waals surface area contributed by atoms with E-state index in [1.165, 1.54) is 23.3 Å². The van der Waals surface area contributed by atoms with Crippen molar-refractivity contribution >= 4 is 11.6 Å². The van der Waals surface area contributed by atoms with Gasteiger partial charge in [-0.2, -0.15) is 0 Å². The Morgan fingerprint density at radius 1 is 1.07 bits per heavy atom. The van der Waals surface area contributed by atoms with Gasteiger partial charge in [-0.15, -0.1) is 0 Å². The number of nitrogens with one attached hydrogen (secondary N) is 2. The van der Waals surface area contributed by atoms with E-state index in [9.17, 15) is 9.18 Å². The predicted octanol–water partition coefficient (Wildman–Crippen LogP) is 1.89. The number of anilines is 1. The van der Waals surface area contributed by atoms with Crippen molar-refractivity contribution in [3.05, 3.63) is 78.4 Å². The van der Waals surface area contributed by atoms with E-state index in [2.05, 4.69) is 10.2 Å². The summed E-state index contributed by atoms with van der Waals surface area (Å²) in [7, 11) is 0. The van der Waals surface area contributed by atoms with Crippen molar-refractivity contribution < 1.29 is 22.9 Å². The second-order valence-corrected chi connectivity index (χ2v) is 6.88. The summed E-state index contributed by atoms with van der Waals surface area (Å²) in [5, 5.41) is 2.95. The highest BCUT2D eigenvalue weighted by Gasteiger charge is 2.31. The molecule has 1 amide bonds. The Labute approximate surface area is 162 Å². The van der Waals surface area contributed by atoms with E-state index in [0.29, 0.717) is 12.3 Å². The van der Waals surface area contributed by atoms with Crippen molar-refractivity contribution in [1.29, 1.82) is 0 Å². The highest BCUT2D eigenvalue weighted by Crippen LogP contribution is 2.16. The number of amides is 1. The number of carbonyl (C=O) groups is 1. The van der Waals surface area contributed by atoms with Crippen LogP contribution >= 0.6 is 0 Å². The van der Waals surface area contributed by atoms with Crippen LogP contribution in [-0.2, 0) is 0 Å². The van der Waals surface area contributed by atoms with Gasteiger partial charge in [-0.3, -0.25) is 4.79 Å². The van der Waals surface area contributed by atoms with Gasteiger partial charge in [0.25, 0.3) is 5.91 Å². The molecule has 1 aromatic carbocycles. The van der Waals surface area contributed by atoms with Crippen LogP contribution in [-0.4, -0.2) is 38.6 Å². The fourth-order valence-electron chi connectivity index (χ4n) is 3.68. The van der Waals surface area contributed by atoms with Crippen LogP contribution < -0.4 is 15.1 Å². The molecule has 0 aliphatic carbocycles. The van der Waals surface area contributed by atoms with Gasteiger partial charge in [0, 0.05) is 5.69 Å². The van der Waals surface area contributed by atoms with E-state index in [-0.39, 0.29) is 17.8 Å². The third-order valence-corrected chi connectivity index (χ3v) is 5.19. The Morgan fingerprint density at radius 3 is 2.43 bits per heavy atom. The molecule has 3 aromatic rings. The Hall–Kier alpha value is -3.06. The Balaban J connectivity index is 1.40. The number of carbonyl (C=O) groups excluding carboxylic acids is 1. The largest absolute Gasteiger partial charge is 0.463 e. The molecule has 7 heteroatoms. The van der Waals surface area contributed by atoms with Crippen molar-refractivity contribution in [1.82, 2.24) is 5.32 Å². The minimum Gasteiger partial charge on any atom is -0.463 e. The first-order chi connectivity index (χ1) is 13.7. The molecule has 0 unspecified atom stereocenters. The number of rotatable bonds is 6. The molecular formula is C21H23FN3O3+. The van der Waals surface area contributed by atoms with Crippen molar-refractivity contribution in [2.45, 2.75) is 6.04 Å². The number of benzene rings is 1. The van der Waals surface area contributed by atoms with Crippen molar-refractivity contribution in [2.24, 2.45) is 0 Å². The molecule has 1 aliphatic heterocycles. The van der Waals surface area contributed by atoms with Gasteiger partial charge in [0.05, 0.1) is 45.3 Å². The van der Waals surface area contributed by atoms with Gasteiger partial charge < -0.3 is 24.0 Å². The molecule has 3 heterocycles. The van der Waals surface area contributed by atoms with Crippen LogP contribution in [0.1, 0.15) is 22.4 Å². The zero-order chi connectivity index (χ0) is 19.3. The number of hydrogen-bond acceptors (Lipinski definition) is 4. The zero-order valence-electron chi connectivity index (χ0n) is 15.4. The van der Waals surface area contributed by atoms with Crippen LogP contribution in [0.5, 0.6) is 0 Å². The second kappa shape index (κ2) is 8.31. The molecule has 28 heavy (non-hydrogen) atoms. The third kappa shape index (κ3) is 4.09. The lowest BCUT2D eigenvalue weighted by atomic mass is 10.1. The third-order valence-electron chi connectivity index (χ3n) is 5.19. The number of hydrogen-bond donors (Lipinski definition) is 2. The molecule has 146 valence electrons. The topological polar surface area (TPSA) is 63.1 Å². The summed E-state index contributed by atoms with van der Waals surface area (Å²) in [4.78, 5) is 15.8. The van der Waals surface area contributed by atoms with Crippen LogP contribution in [0.25, 0.3) is 0 Å². The zero-order valence-corrected chi connectivity index (χ0v) is 15.4. The summed E-state index contributed by atoms with van der Waals surface area (Å²) in [5.74, 6) is 0.698. The molecule has 1 aliphatic rings. The van der Waals surface area contributed by atoms with E-state index in [4.69, 9.17) is 8.83 Å². The van der Waals surface area contributed by atoms with Gasteiger partial charge in [-0.25, -0.2) is 4.39 Å². The molecule has 0 bridgehead atoms. The Bertz CT molecular complexity index is 870. The van der Waals surface area contributed by atoms with Crippen LogP contribution in [0, 0.1) is 5.82 Å². The smallest absolute Gasteiger partial charge is 0.287 e. The highest BCUT2D eigenvalue weighted by atomic mass is 19.1. The molecule has 1 saturated heterocycles. The molecule has 2 aromatic heterocycles. The first kappa shape index (κ1) is 18.3. The lowest BCUT2D eigenvalue weighted by Crippen LogP contribution is -3.15. The summed E-state index contributed by atoms with van der Waals surface area (Å²) >= 11 is 0. The fraction of sp³-hybridized carbons (Fsp3) is 0.286. The number of nitrogens with zero attached hydrogens (tertiary/aromatic N) is 1. The maximum Gasteiger partial charge on any atom is 0.287 e. The van der Waals surface area contributed by atoms with Gasteiger partial charge in [-0.05, 0) is 48.5 Å². The van der Waals surface area contributed by atoms with Crippen LogP contribution in [0.4, 0.5) is 10.1 Å². The number of piperazine rings is 1. The fourth-order valence-corrected chi connectivity index (χ4v) is 3.68.